The first kappa shape index (κ1) is 9.15. The molecule has 4 heteroatoms. The van der Waals surface area contributed by atoms with Crippen LogP contribution in [0.3, 0.4) is 0 Å². The quantitative estimate of drug-likeness (QED) is 0.493. The Morgan fingerprint density at radius 1 is 1.43 bits per heavy atom. The Labute approximate surface area is 84.0 Å². The Kier molecular flexibility index (Phi) is 4.38. The second kappa shape index (κ2) is 3.35. The lowest BCUT2D eigenvalue weighted by Gasteiger charge is -2.14. The van der Waals surface area contributed by atoms with Gasteiger partial charge >= 0.3 is 0 Å². The van der Waals surface area contributed by atoms with Gasteiger partial charge in [-0.25, -0.2) is 0 Å². The molecule has 0 aliphatic heterocycles. The third-order valence-electron chi connectivity index (χ3n) is 0.474. The smallest absolute Gasteiger partial charge is 0.149 e. The summed E-state index contributed by atoms with van der Waals surface area (Å²) in [6, 6.07) is 0. The highest BCUT2D eigenvalue weighted by molar-refractivity contribution is 14.3. The van der Waals surface area contributed by atoms with Gasteiger partial charge in [-0.3, -0.25) is 0 Å². The molecule has 0 saturated heterocycles. The molecular weight excluding hydrogens is 433 g/mol. The second-order valence-corrected chi connectivity index (χ2v) is 12.5. The summed E-state index contributed by atoms with van der Waals surface area (Å²) >= 11 is 6.57. The molecule has 0 spiro atoms. The zero-order chi connectivity index (χ0) is 6.08. The van der Waals surface area contributed by atoms with Crippen molar-refractivity contribution in [3.63, 3.8) is 0 Å². The van der Waals surface area contributed by atoms with Crippen LogP contribution in [0, 0.1) is 0 Å². The minimum Gasteiger partial charge on any atom is -0.390 e. The zero-order valence-corrected chi connectivity index (χ0v) is 10.1. The van der Waals surface area contributed by atoms with Gasteiger partial charge in [0.15, 0.2) is 0 Å². The van der Waals surface area contributed by atoms with Gasteiger partial charge in [0.05, 0.1) is 6.10 Å². The lowest BCUT2D eigenvalue weighted by atomic mass is 10.5. The summed E-state index contributed by atoms with van der Waals surface area (Å²) in [4.78, 5) is 0. The molecule has 0 amide bonds. The van der Waals surface area contributed by atoms with E-state index in [-0.39, 0.29) is 5.54 Å². The number of halogens is 3. The van der Waals surface area contributed by atoms with Crippen LogP contribution in [0.4, 0.5) is 0 Å². The molecule has 0 fully saturated rings. The van der Waals surface area contributed by atoms with Crippen LogP contribution in [0.1, 0.15) is 6.92 Å². The van der Waals surface area contributed by atoms with Crippen molar-refractivity contribution in [3.05, 3.63) is 0 Å². The number of hydrogen-bond donors (Lipinski definition) is 1. The molecule has 0 radical (unpaired) electrons. The first-order valence-corrected chi connectivity index (χ1v) is 4.93. The molecule has 0 aromatic carbocycles. The minimum absolute atomic E-state index is 0.0344. The molecule has 1 atom stereocenters. The van der Waals surface area contributed by atoms with E-state index in [4.69, 9.17) is 5.11 Å². The third-order valence-corrected chi connectivity index (χ3v) is 3.18. The maximum Gasteiger partial charge on any atom is 0.149 e. The van der Waals surface area contributed by atoms with Gasteiger partial charge < -0.3 is 5.11 Å². The van der Waals surface area contributed by atoms with E-state index < -0.39 is 0 Å². The number of alkyl halides is 3. The minimum atomic E-state index is -0.241. The predicted octanol–water partition coefficient (Wildman–Crippen LogP) is 2.33. The van der Waals surface area contributed by atoms with E-state index in [0.717, 1.165) is 0 Å². The first-order chi connectivity index (χ1) is 2.94. The molecule has 44 valence electrons. The summed E-state index contributed by atoms with van der Waals surface area (Å²) < 4.78 is -0.0344. The standard InChI is InChI=1S/C3H5I3O/c1-2(7)3(4,5)6/h2,7H,1H3. The fourth-order valence-electron chi connectivity index (χ4n) is 0. The Morgan fingerprint density at radius 3 is 1.57 bits per heavy atom. The fourth-order valence-corrected chi connectivity index (χ4v) is 0. The average molecular weight is 438 g/mol. The molecule has 0 aliphatic rings. The van der Waals surface area contributed by atoms with E-state index in [1.54, 1.807) is 6.92 Å². The van der Waals surface area contributed by atoms with Crippen LogP contribution in [0.15, 0.2) is 0 Å². The van der Waals surface area contributed by atoms with E-state index in [1.165, 1.54) is 0 Å². The average Bonchev–Trinajstić information content (AvgIpc) is 1.31. The Bertz CT molecular complexity index is 55.7. The van der Waals surface area contributed by atoms with Gasteiger partial charge in [0.1, 0.15) is -0.565 Å². The van der Waals surface area contributed by atoms with E-state index in [0.29, 0.717) is 0 Å². The summed E-state index contributed by atoms with van der Waals surface area (Å²) in [6.07, 6.45) is -0.241. The van der Waals surface area contributed by atoms with Gasteiger partial charge in [-0.2, -0.15) is 0 Å². The summed E-state index contributed by atoms with van der Waals surface area (Å²) in [5.74, 6) is 0. The molecule has 1 unspecified atom stereocenters. The van der Waals surface area contributed by atoms with Gasteiger partial charge in [0, 0.05) is 0 Å². The van der Waals surface area contributed by atoms with Crippen molar-refractivity contribution >= 4 is 67.8 Å². The van der Waals surface area contributed by atoms with Crippen LogP contribution in [-0.4, -0.2) is 10.6 Å². The Balaban J connectivity index is 3.54. The van der Waals surface area contributed by atoms with Gasteiger partial charge in [0.2, 0.25) is 0 Å². The number of rotatable bonds is 1. The summed E-state index contributed by atoms with van der Waals surface area (Å²) in [5, 5.41) is 8.87. The molecule has 0 aromatic heterocycles. The van der Waals surface area contributed by atoms with Crippen molar-refractivity contribution in [2.24, 2.45) is 0 Å². The van der Waals surface area contributed by atoms with Crippen LogP contribution in [-0.2, 0) is 0 Å². The van der Waals surface area contributed by atoms with Crippen LogP contribution >= 0.6 is 67.8 Å². The van der Waals surface area contributed by atoms with Crippen LogP contribution < -0.4 is 0 Å². The molecule has 0 heterocycles. The van der Waals surface area contributed by atoms with E-state index >= 15 is 0 Å². The largest absolute Gasteiger partial charge is 0.390 e. The van der Waals surface area contributed by atoms with E-state index in [9.17, 15) is 0 Å². The zero-order valence-electron chi connectivity index (χ0n) is 3.66. The van der Waals surface area contributed by atoms with Crippen LogP contribution in [0.25, 0.3) is 0 Å². The fraction of sp³-hybridized carbons (Fsp3) is 1.00. The lowest BCUT2D eigenvalue weighted by Crippen LogP contribution is -2.17. The molecule has 0 saturated carbocycles. The number of aliphatic hydroxyl groups is 1. The molecule has 1 nitrogen and oxygen atoms in total. The normalized spacial score (nSPS) is 16.7. The van der Waals surface area contributed by atoms with Crippen molar-refractivity contribution < 1.29 is 5.11 Å². The Hall–Kier alpha value is 2.15. The van der Waals surface area contributed by atoms with Crippen molar-refractivity contribution in [2.75, 3.05) is 0 Å². The van der Waals surface area contributed by atoms with Crippen LogP contribution in [0.2, 0.25) is 0 Å². The predicted molar refractivity (Wildman–Crippen MR) is 56.5 cm³/mol. The summed E-state index contributed by atoms with van der Waals surface area (Å²) in [7, 11) is 0. The monoisotopic (exact) mass is 438 g/mol. The van der Waals surface area contributed by atoms with Crippen LogP contribution in [0.5, 0.6) is 0 Å². The Morgan fingerprint density at radius 2 is 1.57 bits per heavy atom. The van der Waals surface area contributed by atoms with E-state index in [1.807, 2.05) is 0 Å². The highest BCUT2D eigenvalue weighted by Crippen LogP contribution is 2.38. The maximum atomic E-state index is 8.87. The molecule has 0 aromatic rings. The number of aliphatic hydroxyl groups excluding tert-OH is 1. The lowest BCUT2D eigenvalue weighted by molar-refractivity contribution is 0.216. The number of hydrogen-bond acceptors (Lipinski definition) is 1. The molecule has 0 rings (SSSR count). The van der Waals surface area contributed by atoms with Gasteiger partial charge in [-0.1, -0.05) is 67.8 Å². The SMILES string of the molecule is CC(O)C(I)(I)I. The molecule has 1 N–H and O–H groups in total. The topological polar surface area (TPSA) is 20.2 Å². The first-order valence-electron chi connectivity index (χ1n) is 1.69. The molecule has 7 heavy (non-hydrogen) atoms. The van der Waals surface area contributed by atoms with Gasteiger partial charge in [0.25, 0.3) is 0 Å². The summed E-state index contributed by atoms with van der Waals surface area (Å²) in [6.45, 7) is 1.78. The van der Waals surface area contributed by atoms with Gasteiger partial charge in [-0.05, 0) is 6.92 Å². The van der Waals surface area contributed by atoms with E-state index in [2.05, 4.69) is 67.8 Å². The second-order valence-electron chi connectivity index (χ2n) is 1.22. The van der Waals surface area contributed by atoms with Crippen molar-refractivity contribution in [3.8, 4) is 0 Å². The third kappa shape index (κ3) is 4.64. The van der Waals surface area contributed by atoms with Crippen molar-refractivity contribution in [1.29, 1.82) is 0 Å². The highest BCUT2D eigenvalue weighted by Gasteiger charge is 2.23. The molecule has 0 aliphatic carbocycles. The summed E-state index contributed by atoms with van der Waals surface area (Å²) in [5.41, 5.74) is 0. The van der Waals surface area contributed by atoms with Crippen molar-refractivity contribution in [1.82, 2.24) is 0 Å². The highest BCUT2D eigenvalue weighted by atomic mass is 127. The molecule has 0 bridgehead atoms. The molecular formula is C3H5I3O. The van der Waals surface area contributed by atoms with Crippen molar-refractivity contribution in [2.45, 2.75) is 12.5 Å². The maximum absolute atomic E-state index is 8.87. The van der Waals surface area contributed by atoms with Gasteiger partial charge in [-0.15, -0.1) is 0 Å².